The lowest BCUT2D eigenvalue weighted by atomic mass is 9.84. The number of carbonyl (C=O) groups is 2. The molecule has 4 rings (SSSR count). The summed E-state index contributed by atoms with van der Waals surface area (Å²) in [6.07, 6.45) is -3.35. The van der Waals surface area contributed by atoms with Crippen LogP contribution in [0.15, 0.2) is 58.6 Å². The fourth-order valence-electron chi connectivity index (χ4n) is 4.24. The largest absolute Gasteiger partial charge is 0.416 e. The van der Waals surface area contributed by atoms with E-state index in [1.165, 1.54) is 28.8 Å². The smallest absolute Gasteiger partial charge is 0.326 e. The first-order valence-corrected chi connectivity index (χ1v) is 11.4. The number of carbonyl (C=O) groups excluding carboxylic acids is 2. The highest BCUT2D eigenvalue weighted by molar-refractivity contribution is 7.99. The molecular formula is C24H20F3N3O2S. The Morgan fingerprint density at radius 2 is 1.97 bits per heavy atom. The maximum absolute atomic E-state index is 13.3. The number of hydrogen-bond donors (Lipinski definition) is 1. The molecule has 0 radical (unpaired) electrons. The number of nitriles is 1. The number of ketones is 1. The van der Waals surface area contributed by atoms with Crippen LogP contribution in [0.3, 0.4) is 0 Å². The van der Waals surface area contributed by atoms with Crippen molar-refractivity contribution in [2.75, 3.05) is 10.7 Å². The molecule has 9 heteroatoms. The number of halogens is 3. The van der Waals surface area contributed by atoms with Crippen LogP contribution in [0.2, 0.25) is 0 Å². The van der Waals surface area contributed by atoms with Crippen molar-refractivity contribution in [2.45, 2.75) is 43.3 Å². The lowest BCUT2D eigenvalue weighted by molar-refractivity contribution is -0.137. The van der Waals surface area contributed by atoms with Crippen molar-refractivity contribution < 1.29 is 22.8 Å². The van der Waals surface area contributed by atoms with E-state index >= 15 is 0 Å². The van der Waals surface area contributed by atoms with Crippen molar-refractivity contribution in [3.63, 3.8) is 0 Å². The van der Waals surface area contributed by atoms with Gasteiger partial charge in [0, 0.05) is 22.6 Å². The van der Waals surface area contributed by atoms with Gasteiger partial charge in [-0.25, -0.2) is 4.79 Å². The fraction of sp³-hybridized carbons (Fsp3) is 0.292. The van der Waals surface area contributed by atoms with Gasteiger partial charge in [0.2, 0.25) is 0 Å². The Kier molecular flexibility index (Phi) is 6.21. The van der Waals surface area contributed by atoms with Crippen LogP contribution < -0.4 is 10.2 Å². The van der Waals surface area contributed by atoms with Crippen LogP contribution in [-0.4, -0.2) is 17.6 Å². The summed E-state index contributed by atoms with van der Waals surface area (Å²) in [4.78, 5) is 28.2. The SMILES string of the molecule is CCSc1cc(C#N)ccc1C1NC(=O)N(c2cccc(C(F)(F)F)c2)C2=C1C(=O)CCC2. The summed E-state index contributed by atoms with van der Waals surface area (Å²) in [7, 11) is 0. The molecule has 0 fully saturated rings. The van der Waals surface area contributed by atoms with E-state index in [1.54, 1.807) is 18.2 Å². The normalized spacial score (nSPS) is 18.6. The second kappa shape index (κ2) is 8.94. The molecule has 2 aliphatic rings. The number of rotatable bonds is 4. The summed E-state index contributed by atoms with van der Waals surface area (Å²) < 4.78 is 39.8. The first-order valence-electron chi connectivity index (χ1n) is 10.5. The van der Waals surface area contributed by atoms with Gasteiger partial charge in [-0.2, -0.15) is 18.4 Å². The van der Waals surface area contributed by atoms with E-state index in [4.69, 9.17) is 0 Å². The molecule has 2 aromatic carbocycles. The van der Waals surface area contributed by atoms with Crippen LogP contribution in [0.5, 0.6) is 0 Å². The van der Waals surface area contributed by atoms with Crippen LogP contribution >= 0.6 is 11.8 Å². The van der Waals surface area contributed by atoms with Crippen LogP contribution in [0.25, 0.3) is 0 Å². The molecule has 170 valence electrons. The zero-order chi connectivity index (χ0) is 23.8. The van der Waals surface area contributed by atoms with Crippen LogP contribution in [-0.2, 0) is 11.0 Å². The molecule has 0 bridgehead atoms. The molecule has 1 atom stereocenters. The molecule has 0 saturated carbocycles. The maximum Gasteiger partial charge on any atom is 0.416 e. The van der Waals surface area contributed by atoms with Gasteiger partial charge < -0.3 is 5.32 Å². The minimum atomic E-state index is -4.56. The summed E-state index contributed by atoms with van der Waals surface area (Å²) >= 11 is 1.49. The van der Waals surface area contributed by atoms with Crippen LogP contribution in [0, 0.1) is 11.3 Å². The Bertz CT molecular complexity index is 1200. The van der Waals surface area contributed by atoms with Gasteiger partial charge in [0.05, 0.1) is 28.9 Å². The Morgan fingerprint density at radius 1 is 1.18 bits per heavy atom. The van der Waals surface area contributed by atoms with E-state index in [9.17, 15) is 28.0 Å². The highest BCUT2D eigenvalue weighted by atomic mass is 32.2. The van der Waals surface area contributed by atoms with Crippen molar-refractivity contribution >= 4 is 29.3 Å². The van der Waals surface area contributed by atoms with Crippen molar-refractivity contribution in [2.24, 2.45) is 0 Å². The summed E-state index contributed by atoms with van der Waals surface area (Å²) in [5.74, 6) is 0.578. The molecule has 1 aliphatic heterocycles. The predicted molar refractivity (Wildman–Crippen MR) is 119 cm³/mol. The molecule has 2 aromatic rings. The van der Waals surface area contributed by atoms with Gasteiger partial charge in [-0.05, 0) is 54.5 Å². The number of amides is 2. The lowest BCUT2D eigenvalue weighted by Crippen LogP contribution is -2.49. The van der Waals surface area contributed by atoms with Crippen LogP contribution in [0.4, 0.5) is 23.7 Å². The number of thioether (sulfide) groups is 1. The topological polar surface area (TPSA) is 73.2 Å². The molecular weight excluding hydrogens is 451 g/mol. The average molecular weight is 472 g/mol. The monoisotopic (exact) mass is 471 g/mol. The third kappa shape index (κ3) is 4.35. The molecule has 0 spiro atoms. The number of allylic oxidation sites excluding steroid dienone is 1. The summed E-state index contributed by atoms with van der Waals surface area (Å²) in [6, 6.07) is 10.4. The zero-order valence-corrected chi connectivity index (χ0v) is 18.5. The number of alkyl halides is 3. The van der Waals surface area contributed by atoms with Gasteiger partial charge in [-0.15, -0.1) is 11.8 Å². The third-order valence-electron chi connectivity index (χ3n) is 5.64. The molecule has 1 N–H and O–H groups in total. The fourth-order valence-corrected chi connectivity index (χ4v) is 5.11. The molecule has 1 heterocycles. The number of nitrogens with one attached hydrogen (secondary N) is 1. The molecule has 1 aliphatic carbocycles. The summed E-state index contributed by atoms with van der Waals surface area (Å²) in [6.45, 7) is 1.96. The van der Waals surface area contributed by atoms with Gasteiger partial charge >= 0.3 is 12.2 Å². The molecule has 2 amide bonds. The highest BCUT2D eigenvalue weighted by Gasteiger charge is 2.41. The average Bonchev–Trinajstić information content (AvgIpc) is 2.78. The maximum atomic E-state index is 13.3. The van der Waals surface area contributed by atoms with Gasteiger partial charge in [0.1, 0.15) is 0 Å². The predicted octanol–water partition coefficient (Wildman–Crippen LogP) is 5.97. The summed E-state index contributed by atoms with van der Waals surface area (Å²) in [5.41, 5.74) is 1.17. The minimum absolute atomic E-state index is 0.0611. The van der Waals surface area contributed by atoms with Gasteiger partial charge in [0.25, 0.3) is 0 Å². The number of anilines is 1. The van der Waals surface area contributed by atoms with Crippen molar-refractivity contribution in [1.82, 2.24) is 5.32 Å². The molecule has 33 heavy (non-hydrogen) atoms. The Morgan fingerprint density at radius 3 is 2.67 bits per heavy atom. The first-order chi connectivity index (χ1) is 15.7. The van der Waals surface area contributed by atoms with E-state index in [1.807, 2.05) is 6.92 Å². The van der Waals surface area contributed by atoms with Crippen molar-refractivity contribution in [3.8, 4) is 6.07 Å². The van der Waals surface area contributed by atoms with Crippen LogP contribution in [0.1, 0.15) is 48.9 Å². The van der Waals surface area contributed by atoms with E-state index in [2.05, 4.69) is 11.4 Å². The number of benzene rings is 2. The van der Waals surface area contributed by atoms with Gasteiger partial charge in [-0.3, -0.25) is 9.69 Å². The van der Waals surface area contributed by atoms with Gasteiger partial charge in [-0.1, -0.05) is 19.1 Å². The summed E-state index contributed by atoms with van der Waals surface area (Å²) in [5, 5.41) is 12.1. The molecule has 0 aromatic heterocycles. The van der Waals surface area contributed by atoms with E-state index < -0.39 is 23.8 Å². The number of Topliss-reactive ketones (excluding diaryl/α,β-unsaturated/α-hetero) is 1. The number of hydrogen-bond acceptors (Lipinski definition) is 4. The van der Waals surface area contributed by atoms with E-state index in [-0.39, 0.29) is 11.5 Å². The van der Waals surface area contributed by atoms with Gasteiger partial charge in [0.15, 0.2) is 5.78 Å². The third-order valence-corrected chi connectivity index (χ3v) is 6.60. The van der Waals surface area contributed by atoms with E-state index in [0.29, 0.717) is 41.7 Å². The molecule has 5 nitrogen and oxygen atoms in total. The minimum Gasteiger partial charge on any atom is -0.326 e. The van der Waals surface area contributed by atoms with Crippen molar-refractivity contribution in [1.29, 1.82) is 5.26 Å². The first kappa shape index (κ1) is 22.9. The Balaban J connectivity index is 1.86. The molecule has 1 unspecified atom stereocenters. The quantitative estimate of drug-likeness (QED) is 0.558. The van der Waals surface area contributed by atoms with E-state index in [0.717, 1.165) is 22.8 Å². The number of urea groups is 1. The van der Waals surface area contributed by atoms with Crippen molar-refractivity contribution in [3.05, 3.63) is 70.4 Å². The second-order valence-corrected chi connectivity index (χ2v) is 9.01. The Hall–Kier alpha value is -3.25. The lowest BCUT2D eigenvalue weighted by Gasteiger charge is -2.39. The zero-order valence-electron chi connectivity index (χ0n) is 17.7. The molecule has 0 saturated heterocycles. The second-order valence-electron chi connectivity index (χ2n) is 7.70. The highest BCUT2D eigenvalue weighted by Crippen LogP contribution is 2.42. The standard InChI is InChI=1S/C24H20F3N3O2S/c1-2-33-20-11-14(13-28)9-10-17(20)22-21-18(7-4-8-19(21)31)30(23(32)29-22)16-6-3-5-15(12-16)24(25,26)27/h3,5-6,9-12,22H,2,4,7-8H2,1H3,(H,29,32). The Labute approximate surface area is 193 Å². The number of nitrogens with zero attached hydrogens (tertiary/aromatic N) is 2.